The van der Waals surface area contributed by atoms with Gasteiger partial charge < -0.3 is 14.2 Å². The summed E-state index contributed by atoms with van der Waals surface area (Å²) in [6.45, 7) is 9.21. The molecule has 0 aliphatic carbocycles. The third-order valence-corrected chi connectivity index (χ3v) is 29.8. The van der Waals surface area contributed by atoms with Gasteiger partial charge >= 0.3 is 131 Å². The summed E-state index contributed by atoms with van der Waals surface area (Å²) >= 11 is 21.2. The van der Waals surface area contributed by atoms with Crippen molar-refractivity contribution < 1.29 is 209 Å². The van der Waals surface area contributed by atoms with Crippen LogP contribution in [0, 0.1) is 50.2 Å². The van der Waals surface area contributed by atoms with E-state index in [0.29, 0.717) is 50.7 Å². The molecule has 9 nitrogen and oxygen atoms in total. The summed E-state index contributed by atoms with van der Waals surface area (Å²) < 4.78 is 563. The summed E-state index contributed by atoms with van der Waals surface area (Å²) in [5, 5.41) is 23.8. The largest absolute Gasteiger partial charge is 0.465 e. The van der Waals surface area contributed by atoms with E-state index >= 15 is 0 Å². The van der Waals surface area contributed by atoms with Crippen molar-refractivity contribution in [2.45, 2.75) is 429 Å². The lowest BCUT2D eigenvalue weighted by Crippen LogP contribution is -2.70. The number of thioether (sulfide) groups is 6. The molecule has 0 fully saturated rings. The quantitative estimate of drug-likeness (QED) is 0.0187. The highest BCUT2D eigenvalue weighted by molar-refractivity contribution is 8.48. The number of esters is 3. The molecule has 0 aliphatic rings. The zero-order valence-corrected chi connectivity index (χ0v) is 86.9. The highest BCUT2D eigenvalue weighted by Gasteiger charge is 2.92. The number of hydrogen-bond donors (Lipinski definition) is 0. The first-order valence-corrected chi connectivity index (χ1v) is 51.8. The lowest BCUT2D eigenvalue weighted by Gasteiger charge is -2.41. The zero-order valence-electron chi connectivity index (χ0n) is 79.6. The number of nitrogens with zero attached hydrogens (tertiary/aromatic N) is 3. The third kappa shape index (κ3) is 44.6. The molecule has 145 heavy (non-hydrogen) atoms. The Balaban J connectivity index is -0.00000212. The maximum Gasteiger partial charge on any atom is 0.460 e. The molecule has 0 amide bonds. The molecule has 0 aromatic heterocycles. The van der Waals surface area contributed by atoms with E-state index in [-0.39, 0.29) is 19.9 Å². The molecule has 0 bridgehead atoms. The number of rotatable bonds is 68. The summed E-state index contributed by atoms with van der Waals surface area (Å²) in [6, 6.07) is 5.59. The second-order valence-corrected chi connectivity index (χ2v) is 46.0. The van der Waals surface area contributed by atoms with Gasteiger partial charge in [-0.2, -0.15) is 196 Å². The van der Waals surface area contributed by atoms with Gasteiger partial charge in [-0.05, 0) is 97.3 Å². The molecule has 0 radical (unpaired) electrons. The second-order valence-electron chi connectivity index (χ2n) is 35.5. The summed E-state index contributed by atoms with van der Waals surface area (Å²) in [5.41, 5.74) is -3.73. The smallest absolute Gasteiger partial charge is 0.460 e. The highest BCUT2D eigenvalue weighted by Crippen LogP contribution is 2.65. The Kier molecular flexibility index (Phi) is 61.8. The normalized spacial score (nSPS) is 14.6. The minimum Gasteiger partial charge on any atom is -0.465 e. The number of hydrogen-bond acceptors (Lipinski definition) is 18. The van der Waals surface area contributed by atoms with Gasteiger partial charge in [-0.25, -0.2) is 0 Å². The third-order valence-electron chi connectivity index (χ3n) is 21.2. The predicted molar refractivity (Wildman–Crippen MR) is 486 cm³/mol. The second kappa shape index (κ2) is 61.6. The van der Waals surface area contributed by atoms with Gasteiger partial charge in [-0.1, -0.05) is 266 Å². The lowest BCUT2D eigenvalue weighted by atomic mass is 9.88. The van der Waals surface area contributed by atoms with Crippen LogP contribution in [0.25, 0.3) is 0 Å². The van der Waals surface area contributed by atoms with Gasteiger partial charge in [0, 0.05) is 0 Å². The number of carbonyl (C=O) groups excluding carboxylic acids is 3. The van der Waals surface area contributed by atoms with Crippen LogP contribution in [0.5, 0.6) is 0 Å². The molecule has 0 aliphatic heterocycles. The predicted octanol–water partition coefficient (Wildman–Crippen LogP) is 35.9. The average molecular weight is 2360 g/mol. The number of halogens is 41. The summed E-state index contributed by atoms with van der Waals surface area (Å²) in [4.78, 5) is 37.9. The number of nitriles is 3. The van der Waals surface area contributed by atoms with Crippen molar-refractivity contribution in [3.8, 4) is 18.2 Å². The first kappa shape index (κ1) is 145. The monoisotopic (exact) mass is 2350 g/mol. The van der Waals surface area contributed by atoms with E-state index in [2.05, 4.69) is 35.0 Å². The fourth-order valence-electron chi connectivity index (χ4n) is 12.1. The molecule has 0 saturated carbocycles. The highest BCUT2D eigenvalue weighted by atomic mass is 32.2. The van der Waals surface area contributed by atoms with E-state index in [0.717, 1.165) is 151 Å². The van der Waals surface area contributed by atoms with Crippen LogP contribution in [0.1, 0.15) is 300 Å². The van der Waals surface area contributed by atoms with Crippen LogP contribution in [-0.4, -0.2) is 195 Å². The van der Waals surface area contributed by atoms with Gasteiger partial charge in [0.25, 0.3) is 0 Å². The van der Waals surface area contributed by atoms with Crippen molar-refractivity contribution >= 4 is 136 Å². The molecule has 0 rings (SSSR count). The van der Waals surface area contributed by atoms with Gasteiger partial charge in [0.05, 0.1) is 80.0 Å². The topological polar surface area (TPSA) is 150 Å². The van der Waals surface area contributed by atoms with Crippen LogP contribution in [-0.2, 0) is 28.6 Å². The Morgan fingerprint density at radius 3 is 0.600 bits per heavy atom. The fourth-order valence-corrected chi connectivity index (χ4v) is 20.7. The molecular formula is C86H116F41N3O6S9. The molecule has 0 N–H and O–H groups in total. The van der Waals surface area contributed by atoms with Gasteiger partial charge in [0.1, 0.15) is 26.3 Å². The van der Waals surface area contributed by atoms with E-state index in [9.17, 15) is 210 Å². The van der Waals surface area contributed by atoms with Crippen LogP contribution >= 0.6 is 107 Å². The van der Waals surface area contributed by atoms with E-state index < -0.39 is 215 Å². The van der Waals surface area contributed by atoms with Gasteiger partial charge in [0.2, 0.25) is 0 Å². The van der Waals surface area contributed by atoms with Crippen molar-refractivity contribution in [2.24, 2.45) is 16.2 Å². The van der Waals surface area contributed by atoms with Crippen LogP contribution in [0.15, 0.2) is 0 Å². The SMILES string of the molecule is CCCCCCCCCCCCSC(=S)SC(CC(C)(C)C#N)C(=O)OCCC(F)(F)C(F)(F)C(F)(F)C(F)(F)C(F)(F)C(F)(F)F.CCCCCCCCCCCCSC(=S)SC(CC(C)(C)C#N)C(=O)OCCC(F)(F)C(F)(F)C(F)(F)C(F)(F)C(F)(F)CC(F)(F)C(F)(F)C(F)(F)C(F)(F)F.CCCCCCCCCCCCSC(=S)SC(CC(C)(C)C#N)C(=O)OCCC(F)(F)C(F)(F)C(F)(F)C(F)(F)F. The van der Waals surface area contributed by atoms with Gasteiger partial charge in [0.15, 0.2) is 0 Å². The van der Waals surface area contributed by atoms with Crippen molar-refractivity contribution in [1.82, 2.24) is 0 Å². The maximum atomic E-state index is 14.4. The first-order valence-electron chi connectivity index (χ1n) is 45.0. The Hall–Kier alpha value is -3.62. The van der Waals surface area contributed by atoms with Crippen molar-refractivity contribution in [2.75, 3.05) is 37.1 Å². The summed E-state index contributed by atoms with van der Waals surface area (Å²) in [7, 11) is 0. The minimum absolute atomic E-state index is 0.0618. The van der Waals surface area contributed by atoms with Crippen LogP contribution < -0.4 is 0 Å². The molecule has 0 spiro atoms. The lowest BCUT2D eigenvalue weighted by molar-refractivity contribution is -0.440. The standard InChI is InChI=1S/C32H40F19NO2S3.C28H38F13NO2S3.C26H38F9NO2S3/c1-4-5-6-7-8-9-10-11-12-13-16-56-22(55)57-20(17-23(2,3)19-52)21(53)54-15-14-24(33,34)27(39,40)30(45,46)28(41,42)25(35,36)18-26(37,38)29(43,44)31(47,48)32(49,50)51;1-4-5-6-7-8-9-10-11-12-13-16-46-21(45)47-19(17-22(2,3)18-42)20(43)44-15-14-23(29,30)24(31,32)25(33,34)26(35,36)27(37,38)28(39,40)41;1-4-5-6-7-8-9-10-11-12-13-16-40-21(39)41-19(17-22(2,3)18-36)20(37)38-15-14-23(27,28)24(29,30)25(31,32)26(33,34)35/h20H,4-18H2,1-3H3;19H,4-17H2,1-3H3;19H,4-17H2,1-3H3. The molecule has 852 valence electrons. The number of unbranched alkanes of at least 4 members (excludes halogenated alkanes) is 27. The van der Waals surface area contributed by atoms with Crippen LogP contribution in [0.2, 0.25) is 0 Å². The maximum absolute atomic E-state index is 14.4. The Morgan fingerprint density at radius 1 is 0.248 bits per heavy atom. The molecular weight excluding hydrogens is 2240 g/mol. The van der Waals surface area contributed by atoms with E-state index in [1.807, 2.05) is 12.1 Å². The number of alkyl halides is 41. The van der Waals surface area contributed by atoms with Crippen molar-refractivity contribution in [3.05, 3.63) is 0 Å². The number of carbonyl (C=O) groups is 3. The molecule has 0 aromatic carbocycles. The zero-order chi connectivity index (χ0) is 114. The molecule has 3 atom stereocenters. The Morgan fingerprint density at radius 2 is 0.407 bits per heavy atom. The minimum atomic E-state index is -8.28. The van der Waals surface area contributed by atoms with Gasteiger partial charge in [-0.15, -0.1) is 35.3 Å². The molecule has 0 aromatic rings. The summed E-state index contributed by atoms with van der Waals surface area (Å²) in [6.07, 6.45) is -3.62. The first-order chi connectivity index (χ1) is 65.5. The van der Waals surface area contributed by atoms with E-state index in [1.165, 1.54) is 124 Å². The van der Waals surface area contributed by atoms with Crippen molar-refractivity contribution in [3.63, 3.8) is 0 Å². The number of ether oxygens (including phenoxy) is 3. The van der Waals surface area contributed by atoms with E-state index in [4.69, 9.17) is 36.7 Å². The molecule has 0 heterocycles. The fraction of sp³-hybridized carbons (Fsp3) is 0.895. The molecule has 0 saturated heterocycles. The van der Waals surface area contributed by atoms with Crippen molar-refractivity contribution in [1.29, 1.82) is 15.8 Å². The van der Waals surface area contributed by atoms with Crippen LogP contribution in [0.3, 0.4) is 0 Å². The summed E-state index contributed by atoms with van der Waals surface area (Å²) in [5.74, 6) is -122. The Labute approximate surface area is 855 Å². The molecule has 59 heteroatoms. The van der Waals surface area contributed by atoms with E-state index in [1.54, 1.807) is 6.07 Å². The van der Waals surface area contributed by atoms with Crippen LogP contribution in [0.4, 0.5) is 180 Å². The molecule has 3 unspecified atom stereocenters. The number of thiocarbonyl (C=S) groups is 3. The van der Waals surface area contributed by atoms with Gasteiger partial charge in [-0.3, -0.25) is 14.4 Å². The average Bonchev–Trinajstić information content (AvgIpc) is 0.709. The Bertz CT molecular complexity index is 3990.